The fourth-order valence-electron chi connectivity index (χ4n) is 1.81. The van der Waals surface area contributed by atoms with Crippen LogP contribution in [0, 0.1) is 0 Å². The van der Waals surface area contributed by atoms with Gasteiger partial charge in [-0.05, 0) is 32.6 Å². The van der Waals surface area contributed by atoms with E-state index < -0.39 is 0 Å². The van der Waals surface area contributed by atoms with Crippen LogP contribution in [-0.4, -0.2) is 37.2 Å². The number of carbonyl (C=O) groups is 1. The molecule has 2 fully saturated rings. The molecule has 2 N–H and O–H groups in total. The minimum Gasteiger partial charge on any atom is -0.367 e. The fraction of sp³-hybridized carbons (Fsp3) is 0.909. The summed E-state index contributed by atoms with van der Waals surface area (Å²) in [6.45, 7) is 3.27. The van der Waals surface area contributed by atoms with Gasteiger partial charge in [0.15, 0.2) is 0 Å². The zero-order valence-electron chi connectivity index (χ0n) is 9.29. The molecule has 1 aliphatic carbocycles. The van der Waals surface area contributed by atoms with Crippen molar-refractivity contribution in [3.8, 4) is 0 Å². The number of carbonyl (C=O) groups excluding carboxylic acids is 1. The van der Waals surface area contributed by atoms with Crippen LogP contribution in [0.5, 0.6) is 0 Å². The maximum Gasteiger partial charge on any atom is 0.246 e. The van der Waals surface area contributed by atoms with Gasteiger partial charge in [-0.3, -0.25) is 4.79 Å². The zero-order chi connectivity index (χ0) is 10.7. The van der Waals surface area contributed by atoms with Crippen molar-refractivity contribution in [1.82, 2.24) is 10.6 Å². The number of hydrogen-bond donors (Lipinski definition) is 2. The highest BCUT2D eigenvalue weighted by Gasteiger charge is 2.24. The molecule has 0 aromatic carbocycles. The monoisotopic (exact) mass is 212 g/mol. The van der Waals surface area contributed by atoms with Crippen LogP contribution in [0.15, 0.2) is 0 Å². The van der Waals surface area contributed by atoms with Crippen LogP contribution in [0.1, 0.15) is 32.6 Å². The molecule has 2 aliphatic rings. The molecule has 2 rings (SSSR count). The Balaban J connectivity index is 1.58. The second-order valence-electron chi connectivity index (χ2n) is 4.66. The number of nitrogens with one attached hydrogen (secondary N) is 2. The molecule has 15 heavy (non-hydrogen) atoms. The third kappa shape index (κ3) is 3.80. The Kier molecular flexibility index (Phi) is 3.59. The molecule has 4 nitrogen and oxygen atoms in total. The van der Waals surface area contributed by atoms with Crippen molar-refractivity contribution in [3.63, 3.8) is 0 Å². The van der Waals surface area contributed by atoms with Crippen molar-refractivity contribution in [2.45, 2.75) is 50.8 Å². The van der Waals surface area contributed by atoms with Crippen molar-refractivity contribution < 1.29 is 9.53 Å². The highest BCUT2D eigenvalue weighted by Crippen LogP contribution is 2.18. The van der Waals surface area contributed by atoms with E-state index in [1.54, 1.807) is 0 Å². The predicted molar refractivity (Wildman–Crippen MR) is 57.6 cm³/mol. The summed E-state index contributed by atoms with van der Waals surface area (Å²) in [5, 5.41) is 6.27. The zero-order valence-corrected chi connectivity index (χ0v) is 9.29. The Labute approximate surface area is 90.8 Å². The molecule has 1 amide bonds. The van der Waals surface area contributed by atoms with Gasteiger partial charge >= 0.3 is 0 Å². The van der Waals surface area contributed by atoms with Crippen LogP contribution in [0.2, 0.25) is 0 Å². The number of ether oxygens (including phenoxy) is 1. The van der Waals surface area contributed by atoms with Crippen LogP contribution in [-0.2, 0) is 9.53 Å². The van der Waals surface area contributed by atoms with E-state index >= 15 is 0 Å². The molecule has 1 aliphatic heterocycles. The van der Waals surface area contributed by atoms with Crippen LogP contribution in [0.4, 0.5) is 0 Å². The molecular weight excluding hydrogens is 192 g/mol. The van der Waals surface area contributed by atoms with Crippen LogP contribution in [0.3, 0.4) is 0 Å². The van der Waals surface area contributed by atoms with Gasteiger partial charge in [0.2, 0.25) is 5.91 Å². The maximum absolute atomic E-state index is 11.3. The summed E-state index contributed by atoms with van der Waals surface area (Å²) in [6.07, 6.45) is 4.67. The quantitative estimate of drug-likeness (QED) is 0.710. The molecule has 2 unspecified atom stereocenters. The van der Waals surface area contributed by atoms with Crippen molar-refractivity contribution in [2.24, 2.45) is 0 Å². The summed E-state index contributed by atoms with van der Waals surface area (Å²) in [6, 6.07) is 1.02. The smallest absolute Gasteiger partial charge is 0.246 e. The van der Waals surface area contributed by atoms with E-state index in [9.17, 15) is 4.79 Å². The van der Waals surface area contributed by atoms with Crippen molar-refractivity contribution in [3.05, 3.63) is 0 Å². The Morgan fingerprint density at radius 2 is 2.20 bits per heavy atom. The molecule has 0 spiro atoms. The lowest BCUT2D eigenvalue weighted by atomic mass is 10.0. The molecule has 1 saturated carbocycles. The summed E-state index contributed by atoms with van der Waals surface area (Å²) < 4.78 is 5.55. The summed E-state index contributed by atoms with van der Waals surface area (Å²) in [5.41, 5.74) is 0. The average molecular weight is 212 g/mol. The second-order valence-corrected chi connectivity index (χ2v) is 4.66. The van der Waals surface area contributed by atoms with Gasteiger partial charge in [-0.2, -0.15) is 0 Å². The van der Waals surface area contributed by atoms with E-state index in [0.29, 0.717) is 12.1 Å². The minimum atomic E-state index is 0.0381. The number of piperidine rings is 1. The van der Waals surface area contributed by atoms with Gasteiger partial charge in [0, 0.05) is 18.6 Å². The fourth-order valence-corrected chi connectivity index (χ4v) is 1.81. The SMILES string of the molecule is CC1CCC(OCC(=O)NC2CC2)CN1. The Hall–Kier alpha value is -0.610. The molecule has 0 aromatic heterocycles. The first-order valence-electron chi connectivity index (χ1n) is 5.88. The van der Waals surface area contributed by atoms with E-state index in [1.807, 2.05) is 0 Å². The third-order valence-electron chi connectivity index (χ3n) is 3.01. The normalized spacial score (nSPS) is 31.3. The Morgan fingerprint density at radius 3 is 2.80 bits per heavy atom. The number of amides is 1. The van der Waals surface area contributed by atoms with Crippen molar-refractivity contribution >= 4 is 5.91 Å². The van der Waals surface area contributed by atoms with Crippen LogP contribution in [0.25, 0.3) is 0 Å². The summed E-state index contributed by atoms with van der Waals surface area (Å²) in [4.78, 5) is 11.3. The van der Waals surface area contributed by atoms with Gasteiger partial charge in [-0.1, -0.05) is 0 Å². The molecule has 1 saturated heterocycles. The highest BCUT2D eigenvalue weighted by molar-refractivity contribution is 5.77. The highest BCUT2D eigenvalue weighted by atomic mass is 16.5. The van der Waals surface area contributed by atoms with Gasteiger partial charge in [-0.15, -0.1) is 0 Å². The number of hydrogen-bond acceptors (Lipinski definition) is 3. The minimum absolute atomic E-state index is 0.0381. The molecule has 0 aromatic rings. The average Bonchev–Trinajstić information content (AvgIpc) is 3.01. The lowest BCUT2D eigenvalue weighted by Crippen LogP contribution is -2.42. The molecule has 2 atom stereocenters. The first kappa shape index (κ1) is 10.9. The molecular formula is C11H20N2O2. The standard InChI is InChI=1S/C11H20N2O2/c1-8-2-5-10(6-12-8)15-7-11(14)13-9-3-4-9/h8-10,12H,2-7H2,1H3,(H,13,14). The van der Waals surface area contributed by atoms with Crippen molar-refractivity contribution in [1.29, 1.82) is 0 Å². The van der Waals surface area contributed by atoms with E-state index in [0.717, 1.165) is 32.2 Å². The van der Waals surface area contributed by atoms with E-state index in [2.05, 4.69) is 17.6 Å². The lowest BCUT2D eigenvalue weighted by molar-refractivity contribution is -0.128. The van der Waals surface area contributed by atoms with Crippen LogP contribution >= 0.6 is 0 Å². The van der Waals surface area contributed by atoms with E-state index in [4.69, 9.17) is 4.74 Å². The first-order valence-corrected chi connectivity index (χ1v) is 5.88. The molecule has 0 bridgehead atoms. The Bertz CT molecular complexity index is 221. The lowest BCUT2D eigenvalue weighted by Gasteiger charge is -2.27. The molecule has 4 heteroatoms. The van der Waals surface area contributed by atoms with Gasteiger partial charge in [0.25, 0.3) is 0 Å². The maximum atomic E-state index is 11.3. The first-order chi connectivity index (χ1) is 7.24. The summed E-state index contributed by atoms with van der Waals surface area (Å²) in [5.74, 6) is 0.0381. The van der Waals surface area contributed by atoms with Gasteiger partial charge in [0.05, 0.1) is 6.10 Å². The predicted octanol–water partition coefficient (Wildman–Crippen LogP) is 0.422. The van der Waals surface area contributed by atoms with E-state index in [-0.39, 0.29) is 18.6 Å². The van der Waals surface area contributed by atoms with Crippen molar-refractivity contribution in [2.75, 3.05) is 13.2 Å². The van der Waals surface area contributed by atoms with Crippen LogP contribution < -0.4 is 10.6 Å². The van der Waals surface area contributed by atoms with Gasteiger partial charge in [0.1, 0.15) is 6.61 Å². The van der Waals surface area contributed by atoms with E-state index in [1.165, 1.54) is 0 Å². The third-order valence-corrected chi connectivity index (χ3v) is 3.01. The second kappa shape index (κ2) is 4.94. The largest absolute Gasteiger partial charge is 0.367 e. The van der Waals surface area contributed by atoms with Gasteiger partial charge in [-0.25, -0.2) is 0 Å². The van der Waals surface area contributed by atoms with Gasteiger partial charge < -0.3 is 15.4 Å². The topological polar surface area (TPSA) is 50.4 Å². The summed E-state index contributed by atoms with van der Waals surface area (Å²) >= 11 is 0. The molecule has 0 radical (unpaired) electrons. The molecule has 1 heterocycles. The Morgan fingerprint density at radius 1 is 1.40 bits per heavy atom. The molecule has 86 valence electrons. The number of rotatable bonds is 4. The summed E-state index contributed by atoms with van der Waals surface area (Å²) in [7, 11) is 0.